The zero-order chi connectivity index (χ0) is 17.8. The third-order valence-electron chi connectivity index (χ3n) is 5.06. The molecule has 0 spiro atoms. The summed E-state index contributed by atoms with van der Waals surface area (Å²) in [6, 6.07) is 5.69. The maximum Gasteiger partial charge on any atom is 0.308 e. The first-order valence-electron chi connectivity index (χ1n) is 8.35. The van der Waals surface area contributed by atoms with E-state index in [0.717, 1.165) is 29.9 Å². The summed E-state index contributed by atoms with van der Waals surface area (Å²) in [5, 5.41) is 1.76. The molecule has 132 valence electrons. The molecule has 3 aromatic rings. The molecule has 5 rings (SSSR count). The summed E-state index contributed by atoms with van der Waals surface area (Å²) < 4.78 is 7.32. The average Bonchev–Trinajstić information content (AvgIpc) is 3.34. The quantitative estimate of drug-likeness (QED) is 0.627. The fourth-order valence-corrected chi connectivity index (χ4v) is 4.20. The van der Waals surface area contributed by atoms with Gasteiger partial charge in [-0.15, -0.1) is 0 Å². The lowest BCUT2D eigenvalue weighted by molar-refractivity contribution is -0.141. The molecular weight excluding hydrogens is 375 g/mol. The van der Waals surface area contributed by atoms with Gasteiger partial charge in [-0.2, -0.15) is 0 Å². The minimum atomic E-state index is -0.151. The number of imidazole rings is 1. The van der Waals surface area contributed by atoms with E-state index in [1.54, 1.807) is 18.6 Å². The summed E-state index contributed by atoms with van der Waals surface area (Å²) in [4.78, 5) is 22.7. The number of carbonyl (C=O) groups is 1. The molecule has 2 aliphatic rings. The van der Waals surface area contributed by atoms with E-state index in [2.05, 4.69) is 9.88 Å². The van der Waals surface area contributed by atoms with E-state index in [-0.39, 0.29) is 18.1 Å². The SMILES string of the molecule is O=C1C[C@@H]2C(CCN2c2cc(-n3ccnc3)c3ccc(Cl)c(Cl)c3n2)O1. The van der Waals surface area contributed by atoms with Gasteiger partial charge < -0.3 is 14.2 Å². The normalized spacial score (nSPS) is 22.1. The molecule has 2 atom stereocenters. The van der Waals surface area contributed by atoms with Crippen LogP contribution in [0.1, 0.15) is 12.8 Å². The van der Waals surface area contributed by atoms with Crippen molar-refractivity contribution in [1.29, 1.82) is 0 Å². The highest BCUT2D eigenvalue weighted by Crippen LogP contribution is 2.38. The molecule has 2 aromatic heterocycles. The molecule has 6 nitrogen and oxygen atoms in total. The zero-order valence-corrected chi connectivity index (χ0v) is 15.1. The fraction of sp³-hybridized carbons (Fsp3) is 0.278. The van der Waals surface area contributed by atoms with Crippen LogP contribution in [0.3, 0.4) is 0 Å². The van der Waals surface area contributed by atoms with Crippen molar-refractivity contribution in [2.24, 2.45) is 0 Å². The van der Waals surface area contributed by atoms with Gasteiger partial charge in [0.15, 0.2) is 0 Å². The number of halogens is 2. The summed E-state index contributed by atoms with van der Waals surface area (Å²) >= 11 is 12.7. The van der Waals surface area contributed by atoms with E-state index in [4.69, 9.17) is 32.9 Å². The van der Waals surface area contributed by atoms with Crippen molar-refractivity contribution in [3.63, 3.8) is 0 Å². The molecule has 8 heteroatoms. The van der Waals surface area contributed by atoms with Crippen LogP contribution < -0.4 is 4.90 Å². The van der Waals surface area contributed by atoms with Crippen molar-refractivity contribution in [2.45, 2.75) is 25.0 Å². The Bertz CT molecular complexity index is 1020. The first-order valence-corrected chi connectivity index (χ1v) is 9.10. The van der Waals surface area contributed by atoms with E-state index in [9.17, 15) is 4.79 Å². The number of anilines is 1. The number of fused-ring (bicyclic) bond motifs is 2. The Labute approximate surface area is 159 Å². The highest BCUT2D eigenvalue weighted by Gasteiger charge is 2.44. The smallest absolute Gasteiger partial charge is 0.308 e. The summed E-state index contributed by atoms with van der Waals surface area (Å²) in [5.74, 6) is 0.609. The Kier molecular flexibility index (Phi) is 3.58. The van der Waals surface area contributed by atoms with Crippen LogP contribution in [-0.4, -0.2) is 39.2 Å². The lowest BCUT2D eigenvalue weighted by Gasteiger charge is -2.24. The predicted octanol–water partition coefficient (Wildman–Crippen LogP) is 3.62. The number of hydrogen-bond donors (Lipinski definition) is 0. The lowest BCUT2D eigenvalue weighted by atomic mass is 10.1. The van der Waals surface area contributed by atoms with Crippen LogP contribution in [0.2, 0.25) is 10.0 Å². The van der Waals surface area contributed by atoms with Crippen molar-refractivity contribution in [1.82, 2.24) is 14.5 Å². The molecule has 0 saturated carbocycles. The second kappa shape index (κ2) is 5.86. The Morgan fingerprint density at radius 1 is 1.27 bits per heavy atom. The van der Waals surface area contributed by atoms with Crippen molar-refractivity contribution >= 4 is 45.9 Å². The maximum atomic E-state index is 11.7. The third-order valence-corrected chi connectivity index (χ3v) is 5.85. The molecule has 1 aromatic carbocycles. The van der Waals surface area contributed by atoms with Crippen LogP contribution in [0, 0.1) is 0 Å². The highest BCUT2D eigenvalue weighted by atomic mass is 35.5. The second-order valence-corrected chi connectivity index (χ2v) is 7.29. The molecule has 26 heavy (non-hydrogen) atoms. The Hall–Kier alpha value is -2.31. The number of benzene rings is 1. The van der Waals surface area contributed by atoms with Gasteiger partial charge in [0.2, 0.25) is 0 Å². The van der Waals surface area contributed by atoms with E-state index < -0.39 is 0 Å². The Morgan fingerprint density at radius 3 is 2.96 bits per heavy atom. The van der Waals surface area contributed by atoms with Gasteiger partial charge in [0, 0.05) is 36.8 Å². The first kappa shape index (κ1) is 15.9. The van der Waals surface area contributed by atoms with Gasteiger partial charge in [0.1, 0.15) is 11.9 Å². The minimum Gasteiger partial charge on any atom is -0.460 e. The molecule has 2 aliphatic heterocycles. The summed E-state index contributed by atoms with van der Waals surface area (Å²) in [7, 11) is 0. The number of pyridine rings is 1. The monoisotopic (exact) mass is 388 g/mol. The molecule has 2 fully saturated rings. The van der Waals surface area contributed by atoms with Crippen LogP contribution in [-0.2, 0) is 9.53 Å². The number of aromatic nitrogens is 3. The number of esters is 1. The predicted molar refractivity (Wildman–Crippen MR) is 99.1 cm³/mol. The van der Waals surface area contributed by atoms with Crippen molar-refractivity contribution in [3.8, 4) is 5.69 Å². The van der Waals surface area contributed by atoms with Crippen molar-refractivity contribution in [2.75, 3.05) is 11.4 Å². The van der Waals surface area contributed by atoms with Crippen LogP contribution in [0.5, 0.6) is 0 Å². The van der Waals surface area contributed by atoms with Crippen LogP contribution >= 0.6 is 23.2 Å². The first-order chi connectivity index (χ1) is 12.6. The van der Waals surface area contributed by atoms with Gasteiger partial charge in [0.05, 0.1) is 40.0 Å². The van der Waals surface area contributed by atoms with E-state index in [1.165, 1.54) is 0 Å². The molecule has 4 heterocycles. The van der Waals surface area contributed by atoms with Crippen LogP contribution in [0.4, 0.5) is 5.82 Å². The topological polar surface area (TPSA) is 60.2 Å². The summed E-state index contributed by atoms with van der Waals surface area (Å²) in [5.41, 5.74) is 1.55. The summed E-state index contributed by atoms with van der Waals surface area (Å²) in [6.07, 6.45) is 6.45. The number of carbonyl (C=O) groups excluding carboxylic acids is 1. The molecule has 0 amide bonds. The highest BCUT2D eigenvalue weighted by molar-refractivity contribution is 6.45. The Morgan fingerprint density at radius 2 is 2.15 bits per heavy atom. The average molecular weight is 389 g/mol. The standard InChI is InChI=1S/C18H14Cl2N4O2/c19-11-2-1-10-12(23-6-4-21-9-23)7-15(22-18(10)17(11)20)24-5-3-14-13(24)8-16(25)26-14/h1-2,4,6-7,9,13-14H,3,5,8H2/t13-,14?/m1/s1. The summed E-state index contributed by atoms with van der Waals surface area (Å²) in [6.45, 7) is 0.780. The third kappa shape index (κ3) is 2.36. The maximum absolute atomic E-state index is 11.7. The van der Waals surface area contributed by atoms with Crippen molar-refractivity contribution in [3.05, 3.63) is 47.0 Å². The van der Waals surface area contributed by atoms with Gasteiger partial charge in [-0.3, -0.25) is 4.79 Å². The van der Waals surface area contributed by atoms with Gasteiger partial charge in [-0.05, 0) is 12.1 Å². The molecule has 2 saturated heterocycles. The second-order valence-electron chi connectivity index (χ2n) is 6.51. The largest absolute Gasteiger partial charge is 0.460 e. The van der Waals surface area contributed by atoms with Gasteiger partial charge in [0.25, 0.3) is 0 Å². The number of nitrogens with zero attached hydrogens (tertiary/aromatic N) is 4. The minimum absolute atomic E-state index is 0.0149. The fourth-order valence-electron chi connectivity index (χ4n) is 3.84. The van der Waals surface area contributed by atoms with E-state index >= 15 is 0 Å². The van der Waals surface area contributed by atoms with Gasteiger partial charge in [-0.1, -0.05) is 23.2 Å². The Balaban J connectivity index is 1.71. The van der Waals surface area contributed by atoms with Crippen molar-refractivity contribution < 1.29 is 9.53 Å². The van der Waals surface area contributed by atoms with E-state index in [1.807, 2.05) is 22.9 Å². The molecule has 0 N–H and O–H groups in total. The number of rotatable bonds is 2. The number of ether oxygens (including phenoxy) is 1. The van der Waals surface area contributed by atoms with Crippen LogP contribution in [0.15, 0.2) is 36.9 Å². The van der Waals surface area contributed by atoms with Crippen LogP contribution in [0.25, 0.3) is 16.6 Å². The number of hydrogen-bond acceptors (Lipinski definition) is 5. The molecule has 0 aliphatic carbocycles. The molecule has 0 bridgehead atoms. The van der Waals surface area contributed by atoms with Gasteiger partial charge >= 0.3 is 5.97 Å². The van der Waals surface area contributed by atoms with Gasteiger partial charge in [-0.25, -0.2) is 9.97 Å². The molecule has 0 radical (unpaired) electrons. The zero-order valence-electron chi connectivity index (χ0n) is 13.6. The molecular formula is C18H14Cl2N4O2. The lowest BCUT2D eigenvalue weighted by Crippen LogP contribution is -2.32. The molecule has 1 unspecified atom stereocenters. The van der Waals surface area contributed by atoms with E-state index in [0.29, 0.717) is 22.0 Å².